The predicted octanol–water partition coefficient (Wildman–Crippen LogP) is 2.62. The Hall–Kier alpha value is -2.21. The summed E-state index contributed by atoms with van der Waals surface area (Å²) < 4.78 is 2.04. The maximum Gasteiger partial charge on any atom is 0.237 e. The van der Waals surface area contributed by atoms with E-state index in [1.165, 1.54) is 0 Å². The minimum Gasteiger partial charge on any atom is -0.333 e. The lowest BCUT2D eigenvalue weighted by atomic mass is 10.1. The Morgan fingerprint density at radius 1 is 1.36 bits per heavy atom. The summed E-state index contributed by atoms with van der Waals surface area (Å²) >= 11 is 0. The minimum atomic E-state index is 0.0680. The molecule has 2 aromatic rings. The number of imidazole rings is 1. The Bertz CT molecular complexity index is 737. The molecule has 1 aliphatic heterocycles. The van der Waals surface area contributed by atoms with Crippen molar-refractivity contribution >= 4 is 5.91 Å². The van der Waals surface area contributed by atoms with Gasteiger partial charge in [0.15, 0.2) is 0 Å². The Labute approximate surface area is 149 Å². The van der Waals surface area contributed by atoms with Gasteiger partial charge in [-0.3, -0.25) is 9.36 Å². The van der Waals surface area contributed by atoms with Crippen molar-refractivity contribution in [2.24, 2.45) is 0 Å². The molecule has 1 fully saturated rings. The van der Waals surface area contributed by atoms with Gasteiger partial charge in [0.1, 0.15) is 11.6 Å². The van der Waals surface area contributed by atoms with Gasteiger partial charge < -0.3 is 9.80 Å². The summed E-state index contributed by atoms with van der Waals surface area (Å²) in [6, 6.07) is 6.12. The van der Waals surface area contributed by atoms with E-state index < -0.39 is 0 Å². The van der Waals surface area contributed by atoms with Gasteiger partial charge >= 0.3 is 0 Å². The highest BCUT2D eigenvalue weighted by Gasteiger charge is 2.31. The molecule has 1 atom stereocenters. The molecule has 3 rings (SSSR count). The number of hydrogen-bond acceptors (Lipinski definition) is 4. The van der Waals surface area contributed by atoms with Gasteiger partial charge in [0, 0.05) is 24.9 Å². The molecule has 0 N–H and O–H groups in total. The molecule has 0 radical (unpaired) electrons. The Kier molecular flexibility index (Phi) is 5.18. The van der Waals surface area contributed by atoms with Crippen LogP contribution in [0.2, 0.25) is 0 Å². The van der Waals surface area contributed by atoms with E-state index in [0.717, 1.165) is 36.7 Å². The van der Waals surface area contributed by atoms with E-state index in [0.29, 0.717) is 12.5 Å². The molecule has 134 valence electrons. The summed E-state index contributed by atoms with van der Waals surface area (Å²) in [7, 11) is 3.85. The Morgan fingerprint density at radius 3 is 2.88 bits per heavy atom. The lowest BCUT2D eigenvalue weighted by molar-refractivity contribution is -0.132. The molecular weight excluding hydrogens is 314 g/mol. The van der Waals surface area contributed by atoms with Crippen molar-refractivity contribution in [3.63, 3.8) is 0 Å². The van der Waals surface area contributed by atoms with Gasteiger partial charge in [-0.05, 0) is 39.1 Å². The quantitative estimate of drug-likeness (QED) is 0.839. The first-order chi connectivity index (χ1) is 12.0. The first kappa shape index (κ1) is 17.6. The average Bonchev–Trinajstić information content (AvgIpc) is 3.23. The number of amides is 1. The molecule has 0 aliphatic carbocycles. The zero-order valence-electron chi connectivity index (χ0n) is 15.5. The molecule has 6 nitrogen and oxygen atoms in total. The molecule has 2 aromatic heterocycles. The van der Waals surface area contributed by atoms with Crippen LogP contribution in [0, 0.1) is 0 Å². The van der Waals surface area contributed by atoms with Crippen LogP contribution in [-0.4, -0.2) is 57.4 Å². The fourth-order valence-electron chi connectivity index (χ4n) is 3.43. The zero-order valence-corrected chi connectivity index (χ0v) is 15.5. The fourth-order valence-corrected chi connectivity index (χ4v) is 3.43. The van der Waals surface area contributed by atoms with Crippen LogP contribution in [0.1, 0.15) is 50.2 Å². The molecule has 1 aliphatic rings. The lowest BCUT2D eigenvalue weighted by Gasteiger charge is -2.26. The van der Waals surface area contributed by atoms with Gasteiger partial charge in [-0.2, -0.15) is 0 Å². The molecule has 0 saturated carbocycles. The number of carbonyl (C=O) groups is 1. The van der Waals surface area contributed by atoms with Gasteiger partial charge in [0.2, 0.25) is 5.91 Å². The second kappa shape index (κ2) is 7.35. The van der Waals surface area contributed by atoms with Crippen molar-refractivity contribution in [2.75, 3.05) is 27.2 Å². The van der Waals surface area contributed by atoms with Crippen LogP contribution in [0.15, 0.2) is 30.6 Å². The highest BCUT2D eigenvalue weighted by atomic mass is 16.2. The maximum atomic E-state index is 12.5. The summed E-state index contributed by atoms with van der Waals surface area (Å²) in [5.41, 5.74) is 0.963. The SMILES string of the molecule is CC(C)c1nccn1-c1cccc([C@H]2CCCN2C(=O)CN(C)C)n1. The molecule has 1 saturated heterocycles. The van der Waals surface area contributed by atoms with Crippen molar-refractivity contribution in [3.8, 4) is 5.82 Å². The first-order valence-electron chi connectivity index (χ1n) is 8.92. The second-order valence-corrected chi connectivity index (χ2v) is 7.21. The average molecular weight is 341 g/mol. The van der Waals surface area contributed by atoms with E-state index in [-0.39, 0.29) is 11.9 Å². The van der Waals surface area contributed by atoms with Crippen molar-refractivity contribution in [3.05, 3.63) is 42.1 Å². The lowest BCUT2D eigenvalue weighted by Crippen LogP contribution is -2.37. The molecule has 3 heterocycles. The monoisotopic (exact) mass is 341 g/mol. The van der Waals surface area contributed by atoms with Gasteiger partial charge in [-0.15, -0.1) is 0 Å². The van der Waals surface area contributed by atoms with Gasteiger partial charge in [0.25, 0.3) is 0 Å². The molecular formula is C19H27N5O. The molecule has 25 heavy (non-hydrogen) atoms. The topological polar surface area (TPSA) is 54.3 Å². The summed E-state index contributed by atoms with van der Waals surface area (Å²) in [5.74, 6) is 2.36. The van der Waals surface area contributed by atoms with Gasteiger partial charge in [0.05, 0.1) is 18.3 Å². The molecule has 0 spiro atoms. The number of aromatic nitrogens is 3. The summed E-state index contributed by atoms with van der Waals surface area (Å²) in [5, 5.41) is 0. The predicted molar refractivity (Wildman–Crippen MR) is 97.7 cm³/mol. The second-order valence-electron chi connectivity index (χ2n) is 7.21. The van der Waals surface area contributed by atoms with Crippen LogP contribution in [0.4, 0.5) is 0 Å². The van der Waals surface area contributed by atoms with Crippen molar-refractivity contribution in [1.29, 1.82) is 0 Å². The van der Waals surface area contributed by atoms with Crippen LogP contribution in [0.5, 0.6) is 0 Å². The van der Waals surface area contributed by atoms with E-state index >= 15 is 0 Å². The third-order valence-electron chi connectivity index (χ3n) is 4.55. The van der Waals surface area contributed by atoms with Crippen LogP contribution >= 0.6 is 0 Å². The fraction of sp³-hybridized carbons (Fsp3) is 0.526. The number of likely N-dealkylation sites (tertiary alicyclic amines) is 1. The number of likely N-dealkylation sites (N-methyl/N-ethyl adjacent to an activating group) is 1. The maximum absolute atomic E-state index is 12.5. The van der Waals surface area contributed by atoms with E-state index in [1.807, 2.05) is 59.1 Å². The Balaban J connectivity index is 1.88. The Morgan fingerprint density at radius 2 is 2.16 bits per heavy atom. The van der Waals surface area contributed by atoms with Gasteiger partial charge in [-0.1, -0.05) is 19.9 Å². The minimum absolute atomic E-state index is 0.0680. The summed E-state index contributed by atoms with van der Waals surface area (Å²) in [4.78, 5) is 25.7. The largest absolute Gasteiger partial charge is 0.333 e. The molecule has 0 unspecified atom stereocenters. The highest BCUT2D eigenvalue weighted by molar-refractivity contribution is 5.79. The molecule has 0 bridgehead atoms. The first-order valence-corrected chi connectivity index (χ1v) is 8.92. The van der Waals surface area contributed by atoms with E-state index in [4.69, 9.17) is 4.98 Å². The van der Waals surface area contributed by atoms with Crippen LogP contribution in [-0.2, 0) is 4.79 Å². The van der Waals surface area contributed by atoms with Gasteiger partial charge in [-0.25, -0.2) is 9.97 Å². The number of carbonyl (C=O) groups excluding carboxylic acids is 1. The van der Waals surface area contributed by atoms with Crippen LogP contribution in [0.25, 0.3) is 5.82 Å². The van der Waals surface area contributed by atoms with Crippen molar-refractivity contribution < 1.29 is 4.79 Å². The van der Waals surface area contributed by atoms with Crippen LogP contribution in [0.3, 0.4) is 0 Å². The van der Waals surface area contributed by atoms with Crippen LogP contribution < -0.4 is 0 Å². The standard InChI is InChI=1S/C19H27N5O/c1-14(2)19-20-10-12-24(19)17-9-5-7-15(21-17)16-8-6-11-23(16)18(25)13-22(3)4/h5,7,9-10,12,14,16H,6,8,11,13H2,1-4H3/t16-/m1/s1. The highest BCUT2D eigenvalue weighted by Crippen LogP contribution is 2.31. The van der Waals surface area contributed by atoms with E-state index in [1.54, 1.807) is 0 Å². The molecule has 6 heteroatoms. The van der Waals surface area contributed by atoms with Crippen molar-refractivity contribution in [1.82, 2.24) is 24.3 Å². The normalized spacial score (nSPS) is 17.7. The third-order valence-corrected chi connectivity index (χ3v) is 4.55. The smallest absolute Gasteiger partial charge is 0.237 e. The summed E-state index contributed by atoms with van der Waals surface area (Å²) in [6.45, 7) is 5.50. The number of rotatable bonds is 5. The van der Waals surface area contributed by atoms with Crippen molar-refractivity contribution in [2.45, 2.75) is 38.6 Å². The number of nitrogens with zero attached hydrogens (tertiary/aromatic N) is 5. The van der Waals surface area contributed by atoms with E-state index in [9.17, 15) is 4.79 Å². The zero-order chi connectivity index (χ0) is 18.0. The summed E-state index contributed by atoms with van der Waals surface area (Å²) in [6.07, 6.45) is 5.76. The number of hydrogen-bond donors (Lipinski definition) is 0. The third kappa shape index (κ3) is 3.74. The number of pyridine rings is 1. The molecule has 1 amide bonds. The molecule has 0 aromatic carbocycles. The van der Waals surface area contributed by atoms with E-state index in [2.05, 4.69) is 18.8 Å².